The van der Waals surface area contributed by atoms with Gasteiger partial charge < -0.3 is 9.88 Å². The monoisotopic (exact) mass is 403 g/mol. The molecule has 1 amide bonds. The van der Waals surface area contributed by atoms with E-state index in [0.29, 0.717) is 23.6 Å². The number of hydrogen-bond acceptors (Lipinski definition) is 5. The SMILES string of the molecule is CN(C)S(=O)(=O)c1ccc(Cl)c(C(=O)NCCc2n[nH]c(=S)n2C)c1. The average molecular weight is 404 g/mol. The molecule has 0 spiro atoms. The molecule has 1 aromatic heterocycles. The van der Waals surface area contributed by atoms with Crippen LogP contribution in [0.5, 0.6) is 0 Å². The van der Waals surface area contributed by atoms with E-state index < -0.39 is 15.9 Å². The maximum absolute atomic E-state index is 12.3. The lowest BCUT2D eigenvalue weighted by Crippen LogP contribution is -2.27. The minimum atomic E-state index is -3.65. The molecule has 8 nitrogen and oxygen atoms in total. The second kappa shape index (κ2) is 7.65. The van der Waals surface area contributed by atoms with Gasteiger partial charge in [0.25, 0.3) is 5.91 Å². The van der Waals surface area contributed by atoms with E-state index in [2.05, 4.69) is 15.5 Å². The van der Waals surface area contributed by atoms with Gasteiger partial charge in [0.15, 0.2) is 4.77 Å². The van der Waals surface area contributed by atoms with E-state index in [0.717, 1.165) is 4.31 Å². The third-order valence-corrected chi connectivity index (χ3v) is 6.07. The molecule has 25 heavy (non-hydrogen) atoms. The molecule has 0 fully saturated rings. The summed E-state index contributed by atoms with van der Waals surface area (Å²) < 4.78 is 27.6. The van der Waals surface area contributed by atoms with E-state index in [-0.39, 0.29) is 15.5 Å². The third kappa shape index (κ3) is 4.27. The molecule has 0 aliphatic carbocycles. The van der Waals surface area contributed by atoms with Gasteiger partial charge in [-0.15, -0.1) is 0 Å². The maximum Gasteiger partial charge on any atom is 0.252 e. The predicted octanol–water partition coefficient (Wildman–Crippen LogP) is 1.35. The number of rotatable bonds is 6. The minimum absolute atomic E-state index is 0.00139. The smallest absolute Gasteiger partial charge is 0.252 e. The Balaban J connectivity index is 2.13. The van der Waals surface area contributed by atoms with Gasteiger partial charge in [0.05, 0.1) is 15.5 Å². The number of carbonyl (C=O) groups excluding carboxylic acids is 1. The van der Waals surface area contributed by atoms with E-state index in [1.54, 1.807) is 11.6 Å². The summed E-state index contributed by atoms with van der Waals surface area (Å²) in [5.74, 6) is 0.234. The lowest BCUT2D eigenvalue weighted by atomic mass is 10.2. The van der Waals surface area contributed by atoms with Crippen LogP contribution >= 0.6 is 23.8 Å². The van der Waals surface area contributed by atoms with Gasteiger partial charge in [0.1, 0.15) is 5.82 Å². The van der Waals surface area contributed by atoms with Crippen molar-refractivity contribution in [2.45, 2.75) is 11.3 Å². The standard InChI is InChI=1S/C14H18ClN5O3S2/c1-19(2)25(22,23)9-4-5-11(15)10(8-9)13(21)16-7-6-12-17-18-14(24)20(12)3/h4-5,8H,6-7H2,1-3H3,(H,16,21)(H,18,24). The van der Waals surface area contributed by atoms with Crippen LogP contribution in [0.25, 0.3) is 0 Å². The lowest BCUT2D eigenvalue weighted by Gasteiger charge is -2.13. The van der Waals surface area contributed by atoms with Crippen molar-refractivity contribution in [2.24, 2.45) is 7.05 Å². The molecule has 136 valence electrons. The lowest BCUT2D eigenvalue weighted by molar-refractivity contribution is 0.0954. The summed E-state index contributed by atoms with van der Waals surface area (Å²) in [7, 11) is 0.958. The summed E-state index contributed by atoms with van der Waals surface area (Å²) in [6.07, 6.45) is 0.461. The fourth-order valence-corrected chi connectivity index (χ4v) is 3.32. The molecule has 1 aromatic carbocycles. The van der Waals surface area contributed by atoms with Crippen molar-refractivity contribution in [3.05, 3.63) is 39.4 Å². The van der Waals surface area contributed by atoms with Crippen LogP contribution in [-0.4, -0.2) is 54.0 Å². The first-order chi connectivity index (χ1) is 11.6. The summed E-state index contributed by atoms with van der Waals surface area (Å²) in [4.78, 5) is 12.3. The van der Waals surface area contributed by atoms with Gasteiger partial charge in [0, 0.05) is 34.1 Å². The number of carbonyl (C=O) groups is 1. The Hall–Kier alpha value is -1.75. The Bertz CT molecular complexity index is 950. The highest BCUT2D eigenvalue weighted by atomic mass is 35.5. The van der Waals surface area contributed by atoms with Gasteiger partial charge in [-0.2, -0.15) is 5.10 Å². The quantitative estimate of drug-likeness (QED) is 0.709. The summed E-state index contributed by atoms with van der Waals surface area (Å²) in [6.45, 7) is 0.299. The number of H-pyrrole nitrogens is 1. The van der Waals surface area contributed by atoms with Gasteiger partial charge in [-0.1, -0.05) is 11.6 Å². The Morgan fingerprint density at radius 1 is 1.44 bits per heavy atom. The van der Waals surface area contributed by atoms with Crippen molar-refractivity contribution in [3.63, 3.8) is 0 Å². The van der Waals surface area contributed by atoms with Crippen LogP contribution in [-0.2, 0) is 23.5 Å². The molecule has 2 N–H and O–H groups in total. The van der Waals surface area contributed by atoms with Crippen LogP contribution in [0.3, 0.4) is 0 Å². The van der Waals surface area contributed by atoms with Crippen molar-refractivity contribution in [1.29, 1.82) is 0 Å². The highest BCUT2D eigenvalue weighted by Gasteiger charge is 2.20. The first-order valence-corrected chi connectivity index (χ1v) is 9.47. The summed E-state index contributed by atoms with van der Waals surface area (Å²) in [5.41, 5.74) is 0.0972. The summed E-state index contributed by atoms with van der Waals surface area (Å²) >= 11 is 11.1. The molecule has 0 unspecified atom stereocenters. The molecule has 0 aliphatic rings. The van der Waals surface area contributed by atoms with Crippen molar-refractivity contribution in [1.82, 2.24) is 24.4 Å². The largest absolute Gasteiger partial charge is 0.352 e. The first-order valence-electron chi connectivity index (χ1n) is 7.25. The van der Waals surface area contributed by atoms with E-state index in [4.69, 9.17) is 23.8 Å². The first kappa shape index (κ1) is 19.6. The molecule has 0 bridgehead atoms. The zero-order chi connectivity index (χ0) is 18.8. The number of benzene rings is 1. The Kier molecular flexibility index (Phi) is 5.99. The Labute approximate surface area is 155 Å². The number of hydrogen-bond donors (Lipinski definition) is 2. The molecule has 0 radical (unpaired) electrons. The van der Waals surface area contributed by atoms with E-state index >= 15 is 0 Å². The van der Waals surface area contributed by atoms with Crippen molar-refractivity contribution in [3.8, 4) is 0 Å². The topological polar surface area (TPSA) is 100 Å². The maximum atomic E-state index is 12.3. The second-order valence-electron chi connectivity index (χ2n) is 5.44. The molecule has 0 atom stereocenters. The highest BCUT2D eigenvalue weighted by molar-refractivity contribution is 7.89. The number of aromatic amines is 1. The highest BCUT2D eigenvalue weighted by Crippen LogP contribution is 2.22. The van der Waals surface area contributed by atoms with Crippen LogP contribution in [0.4, 0.5) is 0 Å². The van der Waals surface area contributed by atoms with Crippen LogP contribution in [0, 0.1) is 4.77 Å². The average Bonchev–Trinajstić information content (AvgIpc) is 2.86. The van der Waals surface area contributed by atoms with Gasteiger partial charge in [-0.25, -0.2) is 12.7 Å². The number of halogens is 1. The van der Waals surface area contributed by atoms with Crippen molar-refractivity contribution in [2.75, 3.05) is 20.6 Å². The molecule has 2 aromatic rings. The molecule has 1 heterocycles. The fourth-order valence-electron chi connectivity index (χ4n) is 2.04. The molecular formula is C14H18ClN5O3S2. The van der Waals surface area contributed by atoms with Gasteiger partial charge in [0.2, 0.25) is 10.0 Å². The van der Waals surface area contributed by atoms with E-state index in [1.165, 1.54) is 32.3 Å². The summed E-state index contributed by atoms with van der Waals surface area (Å²) in [5, 5.41) is 9.59. The number of nitrogens with zero attached hydrogens (tertiary/aromatic N) is 3. The Morgan fingerprint density at radius 3 is 2.68 bits per heavy atom. The number of nitrogens with one attached hydrogen (secondary N) is 2. The van der Waals surface area contributed by atoms with Crippen molar-refractivity contribution < 1.29 is 13.2 Å². The predicted molar refractivity (Wildman–Crippen MR) is 96.8 cm³/mol. The van der Waals surface area contributed by atoms with Crippen LogP contribution < -0.4 is 5.32 Å². The zero-order valence-corrected chi connectivity index (χ0v) is 16.3. The van der Waals surface area contributed by atoms with E-state index in [9.17, 15) is 13.2 Å². The molecule has 2 rings (SSSR count). The van der Waals surface area contributed by atoms with E-state index in [1.807, 2.05) is 0 Å². The van der Waals surface area contributed by atoms with Crippen LogP contribution in [0.15, 0.2) is 23.1 Å². The number of aromatic nitrogens is 3. The molecule has 0 saturated heterocycles. The normalized spacial score (nSPS) is 11.7. The molecule has 11 heteroatoms. The third-order valence-electron chi connectivity index (χ3n) is 3.57. The number of sulfonamides is 1. The fraction of sp³-hybridized carbons (Fsp3) is 0.357. The van der Waals surface area contributed by atoms with Gasteiger partial charge >= 0.3 is 0 Å². The zero-order valence-electron chi connectivity index (χ0n) is 13.9. The molecule has 0 aliphatic heterocycles. The Morgan fingerprint density at radius 2 is 2.12 bits per heavy atom. The van der Waals surface area contributed by atoms with Crippen LogP contribution in [0.2, 0.25) is 5.02 Å². The van der Waals surface area contributed by atoms with Crippen LogP contribution in [0.1, 0.15) is 16.2 Å². The van der Waals surface area contributed by atoms with Crippen molar-refractivity contribution >= 4 is 39.7 Å². The van der Waals surface area contributed by atoms with Gasteiger partial charge in [-0.3, -0.25) is 9.89 Å². The minimum Gasteiger partial charge on any atom is -0.352 e. The summed E-state index contributed by atoms with van der Waals surface area (Å²) in [6, 6.07) is 4.02. The molecular weight excluding hydrogens is 386 g/mol. The number of amides is 1. The second-order valence-corrected chi connectivity index (χ2v) is 8.38. The van der Waals surface area contributed by atoms with Gasteiger partial charge in [-0.05, 0) is 30.4 Å². The molecule has 0 saturated carbocycles.